The van der Waals surface area contributed by atoms with Gasteiger partial charge in [0, 0.05) is 30.3 Å². The minimum atomic E-state index is -0.974. The van der Waals surface area contributed by atoms with Crippen molar-refractivity contribution in [3.05, 3.63) is 52.5 Å². The molecule has 0 aliphatic heterocycles. The number of aromatic amines is 1. The van der Waals surface area contributed by atoms with Crippen molar-refractivity contribution in [3.63, 3.8) is 0 Å². The van der Waals surface area contributed by atoms with E-state index in [0.717, 1.165) is 45.9 Å². The topological polar surface area (TPSA) is 93.0 Å². The summed E-state index contributed by atoms with van der Waals surface area (Å²) in [5.74, 6) is -0.162. The number of nitrogens with zero attached hydrogens (tertiary/aromatic N) is 3. The number of aryl methyl sites for hydroxylation is 1. The van der Waals surface area contributed by atoms with Gasteiger partial charge in [0.05, 0.1) is 18.5 Å². The van der Waals surface area contributed by atoms with Gasteiger partial charge < -0.3 is 9.84 Å². The van der Waals surface area contributed by atoms with Gasteiger partial charge in [-0.3, -0.25) is 9.78 Å². The van der Waals surface area contributed by atoms with Crippen LogP contribution >= 0.6 is 0 Å². The molecule has 2 heterocycles. The first kappa shape index (κ1) is 15.4. The molecule has 7 heteroatoms. The highest BCUT2D eigenvalue weighted by molar-refractivity contribution is 5.90. The number of ether oxygens (including phenoxy) is 1. The summed E-state index contributed by atoms with van der Waals surface area (Å²) in [5.41, 5.74) is 5.75. The van der Waals surface area contributed by atoms with E-state index in [1.165, 1.54) is 0 Å². The third kappa shape index (κ3) is 2.48. The molecular formula is C18H18N4O3. The number of rotatable bonds is 4. The van der Waals surface area contributed by atoms with Crippen LogP contribution in [0.2, 0.25) is 0 Å². The first-order valence-electron chi connectivity index (χ1n) is 8.07. The van der Waals surface area contributed by atoms with Crippen LogP contribution in [0.1, 0.15) is 33.0 Å². The Hall–Kier alpha value is -3.09. The first-order chi connectivity index (χ1) is 12.1. The molecule has 2 N–H and O–H groups in total. The molecule has 0 bridgehead atoms. The van der Waals surface area contributed by atoms with E-state index >= 15 is 0 Å². The van der Waals surface area contributed by atoms with E-state index in [9.17, 15) is 9.90 Å². The fraction of sp³-hybridized carbons (Fsp3) is 0.278. The van der Waals surface area contributed by atoms with E-state index in [4.69, 9.17) is 4.74 Å². The van der Waals surface area contributed by atoms with Crippen molar-refractivity contribution in [3.8, 4) is 17.0 Å². The van der Waals surface area contributed by atoms with Gasteiger partial charge in [-0.05, 0) is 30.5 Å². The predicted molar refractivity (Wildman–Crippen MR) is 91.0 cm³/mol. The normalized spacial score (nSPS) is 12.6. The van der Waals surface area contributed by atoms with Gasteiger partial charge in [-0.25, -0.2) is 4.79 Å². The zero-order chi connectivity index (χ0) is 17.6. The van der Waals surface area contributed by atoms with Crippen LogP contribution in [0.5, 0.6) is 5.75 Å². The van der Waals surface area contributed by atoms with Gasteiger partial charge in [0.1, 0.15) is 11.4 Å². The van der Waals surface area contributed by atoms with Crippen molar-refractivity contribution in [1.82, 2.24) is 20.0 Å². The molecule has 128 valence electrons. The van der Waals surface area contributed by atoms with Crippen molar-refractivity contribution >= 4 is 5.97 Å². The lowest BCUT2D eigenvalue weighted by Crippen LogP contribution is -2.09. The van der Waals surface area contributed by atoms with E-state index in [1.807, 2.05) is 36.0 Å². The number of aromatic carboxylic acids is 1. The van der Waals surface area contributed by atoms with E-state index in [-0.39, 0.29) is 5.69 Å². The van der Waals surface area contributed by atoms with Crippen molar-refractivity contribution in [2.75, 3.05) is 7.11 Å². The lowest BCUT2D eigenvalue weighted by molar-refractivity contribution is 0.0689. The summed E-state index contributed by atoms with van der Waals surface area (Å²) in [6, 6.07) is 7.87. The van der Waals surface area contributed by atoms with Crippen molar-refractivity contribution in [2.45, 2.75) is 19.3 Å². The Morgan fingerprint density at radius 1 is 1.32 bits per heavy atom. The molecule has 2 aromatic heterocycles. The Labute approximate surface area is 144 Å². The lowest BCUT2D eigenvalue weighted by atomic mass is 9.90. The van der Waals surface area contributed by atoms with Gasteiger partial charge in [0.25, 0.3) is 0 Å². The van der Waals surface area contributed by atoms with Crippen molar-refractivity contribution < 1.29 is 14.6 Å². The molecule has 0 fully saturated rings. The summed E-state index contributed by atoms with van der Waals surface area (Å²) in [7, 11) is 3.56. The predicted octanol–water partition coefficient (Wildman–Crippen LogP) is 2.21. The standard InChI is InChI=1S/C18H18N4O3/c1-22-14-8-7-12-16(19-20-17(12)18(23)24)15(14)13(21-22)9-10-3-5-11(25-2)6-4-10/h3-6H,7-9H2,1-2H3,(H,19,20)(H,23,24). The molecule has 1 aliphatic rings. The summed E-state index contributed by atoms with van der Waals surface area (Å²) in [6.07, 6.45) is 2.07. The molecule has 0 spiro atoms. The van der Waals surface area contributed by atoms with Crippen molar-refractivity contribution in [2.24, 2.45) is 7.05 Å². The van der Waals surface area contributed by atoms with Crippen molar-refractivity contribution in [1.29, 1.82) is 0 Å². The Balaban J connectivity index is 1.77. The molecule has 0 unspecified atom stereocenters. The summed E-state index contributed by atoms with van der Waals surface area (Å²) >= 11 is 0. The molecule has 3 aromatic rings. The van der Waals surface area contributed by atoms with Gasteiger partial charge >= 0.3 is 5.97 Å². The Bertz CT molecular complexity index is 954. The number of hydrogen-bond donors (Lipinski definition) is 2. The smallest absolute Gasteiger partial charge is 0.354 e. The Morgan fingerprint density at radius 2 is 2.08 bits per heavy atom. The van der Waals surface area contributed by atoms with Crippen LogP contribution in [0.4, 0.5) is 0 Å². The number of fused-ring (bicyclic) bond motifs is 3. The van der Waals surface area contributed by atoms with Gasteiger partial charge in [0.2, 0.25) is 0 Å². The highest BCUT2D eigenvalue weighted by atomic mass is 16.5. The molecule has 4 rings (SSSR count). The number of nitrogens with one attached hydrogen (secondary N) is 1. The minimum absolute atomic E-state index is 0.180. The second-order valence-corrected chi connectivity index (χ2v) is 6.15. The summed E-state index contributed by atoms with van der Waals surface area (Å²) in [6.45, 7) is 0. The third-order valence-electron chi connectivity index (χ3n) is 4.70. The Kier molecular flexibility index (Phi) is 3.56. The molecule has 25 heavy (non-hydrogen) atoms. The number of carboxylic acids is 1. The SMILES string of the molecule is COc1ccc(Cc2nn(C)c3c2-c2n[nH]c(C(=O)O)c2CC3)cc1. The van der Waals surface area contributed by atoms with Crippen LogP contribution in [-0.2, 0) is 26.3 Å². The summed E-state index contributed by atoms with van der Waals surface area (Å²) in [5, 5.41) is 21.0. The second-order valence-electron chi connectivity index (χ2n) is 6.15. The molecule has 0 atom stereocenters. The summed E-state index contributed by atoms with van der Waals surface area (Å²) < 4.78 is 7.08. The van der Waals surface area contributed by atoms with E-state index in [1.54, 1.807) is 7.11 Å². The maximum absolute atomic E-state index is 11.4. The van der Waals surface area contributed by atoms with Crippen LogP contribution in [0.15, 0.2) is 24.3 Å². The average Bonchev–Trinajstić information content (AvgIpc) is 3.17. The molecule has 0 radical (unpaired) electrons. The fourth-order valence-corrected chi connectivity index (χ4v) is 3.48. The number of methoxy groups -OCH3 is 1. The van der Waals surface area contributed by atoms with E-state index < -0.39 is 5.97 Å². The zero-order valence-electron chi connectivity index (χ0n) is 14.0. The molecule has 0 amide bonds. The molecule has 7 nitrogen and oxygen atoms in total. The monoisotopic (exact) mass is 338 g/mol. The number of aromatic nitrogens is 4. The second kappa shape index (κ2) is 5.77. The average molecular weight is 338 g/mol. The van der Waals surface area contributed by atoms with Crippen LogP contribution in [-0.4, -0.2) is 38.2 Å². The molecular weight excluding hydrogens is 320 g/mol. The fourth-order valence-electron chi connectivity index (χ4n) is 3.48. The zero-order valence-corrected chi connectivity index (χ0v) is 14.0. The maximum Gasteiger partial charge on any atom is 0.354 e. The van der Waals surface area contributed by atoms with Gasteiger partial charge in [0.15, 0.2) is 0 Å². The number of carbonyl (C=O) groups is 1. The molecule has 0 saturated heterocycles. The van der Waals surface area contributed by atoms with E-state index in [0.29, 0.717) is 12.8 Å². The highest BCUT2D eigenvalue weighted by Crippen LogP contribution is 2.36. The van der Waals surface area contributed by atoms with Crippen LogP contribution in [0.3, 0.4) is 0 Å². The quantitative estimate of drug-likeness (QED) is 0.761. The van der Waals surface area contributed by atoms with Crippen LogP contribution < -0.4 is 4.74 Å². The summed E-state index contributed by atoms with van der Waals surface area (Å²) in [4.78, 5) is 11.4. The van der Waals surface area contributed by atoms with E-state index in [2.05, 4.69) is 15.3 Å². The number of H-pyrrole nitrogens is 1. The number of hydrogen-bond acceptors (Lipinski definition) is 4. The van der Waals surface area contributed by atoms with Crippen LogP contribution in [0.25, 0.3) is 11.3 Å². The highest BCUT2D eigenvalue weighted by Gasteiger charge is 2.30. The maximum atomic E-state index is 11.4. The number of benzene rings is 1. The Morgan fingerprint density at radius 3 is 2.76 bits per heavy atom. The van der Waals surface area contributed by atoms with Gasteiger partial charge in [-0.15, -0.1) is 0 Å². The van der Waals surface area contributed by atoms with Gasteiger partial charge in [-0.1, -0.05) is 12.1 Å². The van der Waals surface area contributed by atoms with Gasteiger partial charge in [-0.2, -0.15) is 10.2 Å². The lowest BCUT2D eigenvalue weighted by Gasteiger charge is -2.13. The first-order valence-corrected chi connectivity index (χ1v) is 8.07. The van der Waals surface area contributed by atoms with Crippen LogP contribution in [0, 0.1) is 0 Å². The molecule has 0 saturated carbocycles. The largest absolute Gasteiger partial charge is 0.497 e. The minimum Gasteiger partial charge on any atom is -0.497 e. The molecule has 1 aliphatic carbocycles. The number of carboxylic acid groups (broad SMARTS) is 1. The molecule has 1 aromatic carbocycles. The third-order valence-corrected chi connectivity index (χ3v) is 4.70.